The van der Waals surface area contributed by atoms with Gasteiger partial charge in [-0.15, -0.1) is 0 Å². The van der Waals surface area contributed by atoms with Crippen LogP contribution in [0.2, 0.25) is 0 Å². The van der Waals surface area contributed by atoms with Gasteiger partial charge in [0.15, 0.2) is 11.5 Å². The van der Waals surface area contributed by atoms with Crippen LogP contribution in [0.1, 0.15) is 39.3 Å². The van der Waals surface area contributed by atoms with Crippen molar-refractivity contribution in [2.45, 2.75) is 25.4 Å². The molecule has 176 valence electrons. The van der Waals surface area contributed by atoms with Crippen LogP contribution in [0.25, 0.3) is 11.3 Å². The summed E-state index contributed by atoms with van der Waals surface area (Å²) in [5.41, 5.74) is 8.20. The Bertz CT molecular complexity index is 1220. The fraction of sp³-hybridized carbons (Fsp3) is 0.250. The zero-order chi connectivity index (χ0) is 24.1. The average molecular weight is 527 g/mol. The smallest absolute Gasteiger partial charge is 0.274 e. The van der Waals surface area contributed by atoms with Crippen molar-refractivity contribution in [2.24, 2.45) is 0 Å². The molecule has 1 aromatic heterocycles. The highest BCUT2D eigenvalue weighted by Crippen LogP contribution is 2.21. The van der Waals surface area contributed by atoms with Crippen LogP contribution in [0.15, 0.2) is 53.1 Å². The van der Waals surface area contributed by atoms with Crippen molar-refractivity contribution in [2.75, 3.05) is 18.8 Å². The number of halogens is 2. The maximum atomic E-state index is 13.4. The van der Waals surface area contributed by atoms with Crippen LogP contribution in [0.4, 0.5) is 10.2 Å². The molecular formula is C24H24BrFN6O2. The van der Waals surface area contributed by atoms with E-state index in [4.69, 9.17) is 5.73 Å². The Kier molecular flexibility index (Phi) is 7.49. The number of aromatic nitrogens is 2. The number of nitrogens with one attached hydrogen (secondary N) is 3. The van der Waals surface area contributed by atoms with Gasteiger partial charge >= 0.3 is 0 Å². The summed E-state index contributed by atoms with van der Waals surface area (Å²) in [7, 11) is 0. The van der Waals surface area contributed by atoms with Gasteiger partial charge < -0.3 is 21.7 Å². The molecule has 0 unspecified atom stereocenters. The number of piperidine rings is 1. The predicted octanol–water partition coefficient (Wildman–Crippen LogP) is 3.04. The molecule has 0 radical (unpaired) electrons. The van der Waals surface area contributed by atoms with Gasteiger partial charge in [0.1, 0.15) is 5.82 Å². The number of nitrogens with two attached hydrogens (primary N) is 1. The molecule has 3 aromatic rings. The molecule has 1 saturated heterocycles. The van der Waals surface area contributed by atoms with Crippen molar-refractivity contribution in [3.63, 3.8) is 0 Å². The van der Waals surface area contributed by atoms with Crippen molar-refractivity contribution in [1.29, 1.82) is 0 Å². The molecule has 34 heavy (non-hydrogen) atoms. The SMILES string of the molecule is Nc1ncc(-c2cccc(C(=O)NCc3ccc(F)c(Br)c3)c2)nc1C(=O)N[C@H]1CCCNC1. The fourth-order valence-electron chi connectivity index (χ4n) is 3.69. The molecule has 1 fully saturated rings. The van der Waals surface area contributed by atoms with Crippen LogP contribution in [-0.2, 0) is 6.54 Å². The maximum absolute atomic E-state index is 13.4. The Morgan fingerprint density at radius 1 is 1.21 bits per heavy atom. The Morgan fingerprint density at radius 3 is 2.82 bits per heavy atom. The molecule has 1 aliphatic rings. The number of hydrogen-bond acceptors (Lipinski definition) is 6. The number of nitrogen functional groups attached to an aromatic ring is 1. The lowest BCUT2D eigenvalue weighted by Crippen LogP contribution is -2.46. The van der Waals surface area contributed by atoms with Crippen molar-refractivity contribution in [3.05, 3.63) is 75.8 Å². The molecule has 1 atom stereocenters. The van der Waals surface area contributed by atoms with E-state index in [0.29, 0.717) is 27.8 Å². The first-order chi connectivity index (χ1) is 16.4. The molecule has 0 saturated carbocycles. The van der Waals surface area contributed by atoms with E-state index in [0.717, 1.165) is 24.9 Å². The molecule has 1 aliphatic heterocycles. The molecule has 0 spiro atoms. The molecule has 4 rings (SSSR count). The fourth-order valence-corrected chi connectivity index (χ4v) is 4.11. The number of nitrogens with zero attached hydrogens (tertiary/aromatic N) is 2. The number of anilines is 1. The molecule has 5 N–H and O–H groups in total. The molecule has 0 bridgehead atoms. The van der Waals surface area contributed by atoms with Gasteiger partial charge in [-0.1, -0.05) is 18.2 Å². The number of hydrogen-bond donors (Lipinski definition) is 4. The lowest BCUT2D eigenvalue weighted by Gasteiger charge is -2.23. The molecule has 8 nitrogen and oxygen atoms in total. The van der Waals surface area contributed by atoms with Gasteiger partial charge in [0.25, 0.3) is 11.8 Å². The van der Waals surface area contributed by atoms with Gasteiger partial charge in [0.2, 0.25) is 0 Å². The van der Waals surface area contributed by atoms with E-state index in [1.165, 1.54) is 12.3 Å². The van der Waals surface area contributed by atoms with Crippen LogP contribution in [0.3, 0.4) is 0 Å². The van der Waals surface area contributed by atoms with Gasteiger partial charge in [-0.2, -0.15) is 0 Å². The quantitative estimate of drug-likeness (QED) is 0.391. The number of amides is 2. The van der Waals surface area contributed by atoms with Crippen LogP contribution in [0.5, 0.6) is 0 Å². The Hall–Kier alpha value is -3.37. The lowest BCUT2D eigenvalue weighted by atomic mass is 10.1. The first kappa shape index (κ1) is 23.8. The molecule has 10 heteroatoms. The number of benzene rings is 2. The molecule has 0 aliphatic carbocycles. The third kappa shape index (κ3) is 5.75. The van der Waals surface area contributed by atoms with E-state index in [1.807, 2.05) is 0 Å². The lowest BCUT2D eigenvalue weighted by molar-refractivity contribution is 0.0923. The van der Waals surface area contributed by atoms with E-state index >= 15 is 0 Å². The predicted molar refractivity (Wildman–Crippen MR) is 131 cm³/mol. The van der Waals surface area contributed by atoms with E-state index < -0.39 is 0 Å². The van der Waals surface area contributed by atoms with Gasteiger partial charge in [0.05, 0.1) is 16.4 Å². The van der Waals surface area contributed by atoms with Gasteiger partial charge in [-0.25, -0.2) is 14.4 Å². The first-order valence-electron chi connectivity index (χ1n) is 10.9. The molecule has 2 heterocycles. The molecule has 2 aromatic carbocycles. The standard InChI is InChI=1S/C24H24BrFN6O2/c25-18-9-14(6-7-19(18)26)11-30-23(33)16-4-1-3-15(10-16)20-13-29-22(27)21(32-20)24(34)31-17-5-2-8-28-12-17/h1,3-4,6-7,9-10,13,17,28H,2,5,8,11-12H2,(H2,27,29)(H,30,33)(H,31,34)/t17-/m0/s1. The number of carbonyl (C=O) groups excluding carboxylic acids is 2. The summed E-state index contributed by atoms with van der Waals surface area (Å²) < 4.78 is 13.7. The van der Waals surface area contributed by atoms with Crippen molar-refractivity contribution >= 4 is 33.6 Å². The van der Waals surface area contributed by atoms with Crippen molar-refractivity contribution in [1.82, 2.24) is 25.9 Å². The normalized spacial score (nSPS) is 15.5. The second kappa shape index (κ2) is 10.7. The number of rotatable bonds is 6. The Morgan fingerprint density at radius 2 is 2.06 bits per heavy atom. The molecular weight excluding hydrogens is 503 g/mol. The number of carbonyl (C=O) groups is 2. The second-order valence-corrected chi connectivity index (χ2v) is 8.87. The highest BCUT2D eigenvalue weighted by molar-refractivity contribution is 9.10. The van der Waals surface area contributed by atoms with Crippen LogP contribution in [-0.4, -0.2) is 40.9 Å². The van der Waals surface area contributed by atoms with E-state index in [-0.39, 0.29) is 41.7 Å². The first-order valence-corrected chi connectivity index (χ1v) is 11.7. The maximum Gasteiger partial charge on any atom is 0.274 e. The van der Waals surface area contributed by atoms with Gasteiger partial charge in [-0.05, 0) is 65.1 Å². The highest BCUT2D eigenvalue weighted by Gasteiger charge is 2.20. The van der Waals surface area contributed by atoms with Crippen LogP contribution < -0.4 is 21.7 Å². The van der Waals surface area contributed by atoms with E-state index in [1.54, 1.807) is 36.4 Å². The van der Waals surface area contributed by atoms with Gasteiger partial charge in [0, 0.05) is 30.3 Å². The Balaban J connectivity index is 1.48. The average Bonchev–Trinajstić information content (AvgIpc) is 2.85. The topological polar surface area (TPSA) is 122 Å². The summed E-state index contributed by atoms with van der Waals surface area (Å²) in [6, 6.07) is 11.4. The summed E-state index contributed by atoms with van der Waals surface area (Å²) in [4.78, 5) is 34.0. The zero-order valence-corrected chi connectivity index (χ0v) is 19.9. The minimum Gasteiger partial charge on any atom is -0.382 e. The van der Waals surface area contributed by atoms with Crippen LogP contribution in [0, 0.1) is 5.82 Å². The summed E-state index contributed by atoms with van der Waals surface area (Å²) in [5.74, 6) is -0.992. The Labute approximate surface area is 204 Å². The highest BCUT2D eigenvalue weighted by atomic mass is 79.9. The zero-order valence-electron chi connectivity index (χ0n) is 18.3. The summed E-state index contributed by atoms with van der Waals surface area (Å²) in [6.07, 6.45) is 3.35. The minimum absolute atomic E-state index is 0.0138. The molecule has 2 amide bonds. The van der Waals surface area contributed by atoms with Crippen molar-refractivity contribution in [3.8, 4) is 11.3 Å². The van der Waals surface area contributed by atoms with Gasteiger partial charge in [-0.3, -0.25) is 9.59 Å². The second-order valence-electron chi connectivity index (χ2n) is 8.02. The minimum atomic E-state index is -0.375. The van der Waals surface area contributed by atoms with E-state index in [2.05, 4.69) is 41.8 Å². The third-order valence-corrected chi connectivity index (χ3v) is 6.11. The largest absolute Gasteiger partial charge is 0.382 e. The van der Waals surface area contributed by atoms with Crippen LogP contribution >= 0.6 is 15.9 Å². The summed E-state index contributed by atoms with van der Waals surface area (Å²) in [5, 5.41) is 9.01. The summed E-state index contributed by atoms with van der Waals surface area (Å²) >= 11 is 3.14. The van der Waals surface area contributed by atoms with Crippen molar-refractivity contribution < 1.29 is 14.0 Å². The summed E-state index contributed by atoms with van der Waals surface area (Å²) in [6.45, 7) is 1.88. The monoisotopic (exact) mass is 526 g/mol. The third-order valence-electron chi connectivity index (χ3n) is 5.51. The van der Waals surface area contributed by atoms with E-state index in [9.17, 15) is 14.0 Å².